The van der Waals surface area contributed by atoms with E-state index in [1.54, 1.807) is 6.08 Å². The fourth-order valence-electron chi connectivity index (χ4n) is 3.08. The van der Waals surface area contributed by atoms with Gasteiger partial charge < -0.3 is 0 Å². The van der Waals surface area contributed by atoms with Crippen LogP contribution >= 0.6 is 0 Å². The molecule has 1 aliphatic carbocycles. The van der Waals surface area contributed by atoms with E-state index in [2.05, 4.69) is 25.3 Å². The van der Waals surface area contributed by atoms with Crippen molar-refractivity contribution >= 4 is 11.6 Å². The molecule has 0 aromatic heterocycles. The number of allylic oxidation sites excluding steroid dienone is 1. The highest BCUT2D eigenvalue weighted by molar-refractivity contribution is 6.09. The second-order valence-corrected chi connectivity index (χ2v) is 6.32. The molecule has 0 bridgehead atoms. The number of unbranched alkanes of at least 4 members (excludes halogenated alkanes) is 6. The Bertz CT molecular complexity index is 420. The van der Waals surface area contributed by atoms with Gasteiger partial charge in [0.15, 0.2) is 0 Å². The van der Waals surface area contributed by atoms with Gasteiger partial charge in [-0.1, -0.05) is 45.1 Å². The third-order valence-electron chi connectivity index (χ3n) is 4.54. The minimum atomic E-state index is -0.881. The number of hydrogen-bond acceptors (Lipinski definition) is 2. The van der Waals surface area contributed by atoms with E-state index in [4.69, 9.17) is 0 Å². The number of carbonyl (C=O) groups excluding carboxylic acids is 2. The minimum absolute atomic E-state index is 0.0671. The Hall–Kier alpha value is -1.36. The average molecular weight is 302 g/mol. The third kappa shape index (κ3) is 5.44. The van der Waals surface area contributed by atoms with Crippen molar-refractivity contribution in [3.05, 3.63) is 12.7 Å². The molecule has 0 aromatic carbocycles. The van der Waals surface area contributed by atoms with Crippen LogP contribution in [0.3, 0.4) is 0 Å². The van der Waals surface area contributed by atoms with Gasteiger partial charge in [-0.3, -0.25) is 9.59 Å². The standard InChI is InChI=1S/C20H30O2/c1-3-5-6-7-8-9-10-11-12-17-20(16-4-2)18(21)14-13-15-19(20)22/h4H,2-3,5-10,13-17H2,1H3. The number of hydrogen-bond donors (Lipinski definition) is 0. The van der Waals surface area contributed by atoms with Crippen molar-refractivity contribution in [3.8, 4) is 11.8 Å². The number of Topliss-reactive ketones (excluding diaryl/α,β-unsaturated/α-hetero) is 2. The van der Waals surface area contributed by atoms with Crippen LogP contribution in [0.5, 0.6) is 0 Å². The van der Waals surface area contributed by atoms with Crippen molar-refractivity contribution in [1.29, 1.82) is 0 Å². The molecule has 0 aliphatic heterocycles. The Morgan fingerprint density at radius 3 is 2.32 bits per heavy atom. The molecule has 1 saturated carbocycles. The summed E-state index contributed by atoms with van der Waals surface area (Å²) < 4.78 is 0. The Labute approximate surface area is 135 Å². The first-order valence-electron chi connectivity index (χ1n) is 8.80. The smallest absolute Gasteiger partial charge is 0.147 e. The summed E-state index contributed by atoms with van der Waals surface area (Å²) in [5.74, 6) is 6.40. The summed E-state index contributed by atoms with van der Waals surface area (Å²) in [5.41, 5.74) is -0.881. The minimum Gasteiger partial charge on any atom is -0.299 e. The van der Waals surface area contributed by atoms with Crippen LogP contribution in [-0.4, -0.2) is 11.6 Å². The molecular weight excluding hydrogens is 272 g/mol. The lowest BCUT2D eigenvalue weighted by molar-refractivity contribution is -0.143. The molecule has 0 amide bonds. The van der Waals surface area contributed by atoms with Gasteiger partial charge in [0.2, 0.25) is 0 Å². The van der Waals surface area contributed by atoms with Crippen LogP contribution in [0.2, 0.25) is 0 Å². The SMILES string of the molecule is C=CCC1(CC#CCCCCCCCC)C(=O)CCCC1=O. The van der Waals surface area contributed by atoms with Crippen molar-refractivity contribution < 1.29 is 9.59 Å². The van der Waals surface area contributed by atoms with E-state index in [0.717, 1.165) is 12.8 Å². The van der Waals surface area contributed by atoms with Crippen LogP contribution < -0.4 is 0 Å². The first kappa shape index (κ1) is 18.7. The van der Waals surface area contributed by atoms with Gasteiger partial charge in [0.1, 0.15) is 17.0 Å². The van der Waals surface area contributed by atoms with Crippen molar-refractivity contribution in [2.75, 3.05) is 0 Å². The highest BCUT2D eigenvalue weighted by Gasteiger charge is 2.44. The van der Waals surface area contributed by atoms with Gasteiger partial charge in [0.05, 0.1) is 0 Å². The molecule has 0 atom stereocenters. The van der Waals surface area contributed by atoms with Crippen LogP contribution in [0, 0.1) is 17.3 Å². The zero-order valence-corrected chi connectivity index (χ0v) is 14.1. The van der Waals surface area contributed by atoms with E-state index >= 15 is 0 Å². The Morgan fingerprint density at radius 2 is 1.68 bits per heavy atom. The second-order valence-electron chi connectivity index (χ2n) is 6.32. The Balaban J connectivity index is 2.42. The largest absolute Gasteiger partial charge is 0.299 e. The van der Waals surface area contributed by atoms with E-state index in [1.807, 2.05) is 0 Å². The second kappa shape index (κ2) is 10.4. The zero-order valence-electron chi connectivity index (χ0n) is 14.1. The predicted molar refractivity (Wildman–Crippen MR) is 91.5 cm³/mol. The van der Waals surface area contributed by atoms with E-state index in [-0.39, 0.29) is 11.6 Å². The summed E-state index contributed by atoms with van der Waals surface area (Å²) >= 11 is 0. The van der Waals surface area contributed by atoms with Crippen molar-refractivity contribution in [3.63, 3.8) is 0 Å². The van der Waals surface area contributed by atoms with Gasteiger partial charge >= 0.3 is 0 Å². The Morgan fingerprint density at radius 1 is 1.05 bits per heavy atom. The fourth-order valence-corrected chi connectivity index (χ4v) is 3.08. The normalized spacial score (nSPS) is 17.0. The molecule has 2 heteroatoms. The Kier molecular flexibility index (Phi) is 8.82. The quantitative estimate of drug-likeness (QED) is 0.259. The molecule has 0 radical (unpaired) electrons. The molecule has 122 valence electrons. The van der Waals surface area contributed by atoms with Crippen LogP contribution in [0.25, 0.3) is 0 Å². The maximum atomic E-state index is 12.2. The maximum absolute atomic E-state index is 12.2. The summed E-state index contributed by atoms with van der Waals surface area (Å²) in [4.78, 5) is 24.5. The van der Waals surface area contributed by atoms with Gasteiger partial charge in [-0.15, -0.1) is 18.4 Å². The van der Waals surface area contributed by atoms with Gasteiger partial charge in [0, 0.05) is 25.7 Å². The summed E-state index contributed by atoms with van der Waals surface area (Å²) in [7, 11) is 0. The lowest BCUT2D eigenvalue weighted by Crippen LogP contribution is -2.41. The third-order valence-corrected chi connectivity index (χ3v) is 4.54. The first-order valence-corrected chi connectivity index (χ1v) is 8.80. The van der Waals surface area contributed by atoms with Crippen molar-refractivity contribution in [2.24, 2.45) is 5.41 Å². The van der Waals surface area contributed by atoms with Gasteiger partial charge in [-0.2, -0.15) is 0 Å². The topological polar surface area (TPSA) is 34.1 Å². The van der Waals surface area contributed by atoms with Gasteiger partial charge in [-0.25, -0.2) is 0 Å². The molecule has 0 N–H and O–H groups in total. The average Bonchev–Trinajstić information content (AvgIpc) is 2.50. The predicted octanol–water partition coefficient (Wildman–Crippen LogP) is 5.02. The van der Waals surface area contributed by atoms with Gasteiger partial charge in [0.25, 0.3) is 0 Å². The fraction of sp³-hybridized carbons (Fsp3) is 0.700. The lowest BCUT2D eigenvalue weighted by Gasteiger charge is -2.31. The van der Waals surface area contributed by atoms with E-state index in [0.29, 0.717) is 32.1 Å². The molecule has 0 saturated heterocycles. The molecule has 0 unspecified atom stereocenters. The monoisotopic (exact) mass is 302 g/mol. The number of rotatable bonds is 9. The van der Waals surface area contributed by atoms with Crippen molar-refractivity contribution in [1.82, 2.24) is 0 Å². The molecular formula is C20H30O2. The summed E-state index contributed by atoms with van der Waals surface area (Å²) in [6.45, 7) is 5.93. The molecule has 2 nitrogen and oxygen atoms in total. The number of ketones is 2. The van der Waals surface area contributed by atoms with E-state index in [1.165, 1.54) is 32.1 Å². The first-order chi connectivity index (χ1) is 10.7. The molecule has 0 spiro atoms. The summed E-state index contributed by atoms with van der Waals surface area (Å²) in [6.07, 6.45) is 12.6. The van der Waals surface area contributed by atoms with Crippen LogP contribution in [-0.2, 0) is 9.59 Å². The molecule has 22 heavy (non-hydrogen) atoms. The zero-order chi connectivity index (χ0) is 16.3. The molecule has 0 heterocycles. The van der Waals surface area contributed by atoms with Gasteiger partial charge in [-0.05, 0) is 19.3 Å². The van der Waals surface area contributed by atoms with E-state index < -0.39 is 5.41 Å². The summed E-state index contributed by atoms with van der Waals surface area (Å²) in [6, 6.07) is 0. The number of carbonyl (C=O) groups is 2. The molecule has 1 rings (SSSR count). The van der Waals surface area contributed by atoms with Crippen LogP contribution in [0.4, 0.5) is 0 Å². The maximum Gasteiger partial charge on any atom is 0.147 e. The molecule has 1 fully saturated rings. The van der Waals surface area contributed by atoms with E-state index in [9.17, 15) is 9.59 Å². The molecule has 0 aromatic rings. The van der Waals surface area contributed by atoms with Crippen LogP contribution in [0.1, 0.15) is 84.0 Å². The lowest BCUT2D eigenvalue weighted by atomic mass is 9.68. The summed E-state index contributed by atoms with van der Waals surface area (Å²) in [5, 5.41) is 0. The molecule has 1 aliphatic rings. The van der Waals surface area contributed by atoms with Crippen LogP contribution in [0.15, 0.2) is 12.7 Å². The van der Waals surface area contributed by atoms with Crippen molar-refractivity contribution in [2.45, 2.75) is 84.0 Å². The highest BCUT2D eigenvalue weighted by atomic mass is 16.2. The highest BCUT2D eigenvalue weighted by Crippen LogP contribution is 2.36.